The van der Waals surface area contributed by atoms with Crippen LogP contribution < -0.4 is 10.2 Å². The van der Waals surface area contributed by atoms with Crippen molar-refractivity contribution in [2.75, 3.05) is 44.3 Å². The molecule has 1 N–H and O–H groups in total. The summed E-state index contributed by atoms with van der Waals surface area (Å²) in [5, 5.41) is 18.6. The zero-order valence-electron chi connectivity index (χ0n) is 17.8. The third kappa shape index (κ3) is 4.69. The molecule has 2 saturated heterocycles. The number of carbonyl (C=O) groups excluding carboxylic acids is 1. The minimum Gasteiger partial charge on any atom is -0.379 e. The molecule has 12 nitrogen and oxygen atoms in total. The smallest absolute Gasteiger partial charge is 0.252 e. The summed E-state index contributed by atoms with van der Waals surface area (Å²) in [5.41, 5.74) is 0.586. The lowest BCUT2D eigenvalue weighted by Crippen LogP contribution is -2.40. The molecule has 5 rings (SSSR count). The number of hydrogen-bond acceptors (Lipinski definition) is 10. The molecule has 0 radical (unpaired) electrons. The molecule has 5 heterocycles. The molecule has 176 valence electrons. The molecule has 33 heavy (non-hydrogen) atoms. The van der Waals surface area contributed by atoms with Gasteiger partial charge in [0.25, 0.3) is 10.0 Å². The average Bonchev–Trinajstić information content (AvgIpc) is 3.53. The van der Waals surface area contributed by atoms with Crippen LogP contribution in [0.4, 0.5) is 5.82 Å². The molecular weight excluding hydrogens is 468 g/mol. The van der Waals surface area contributed by atoms with Crippen molar-refractivity contribution in [3.63, 3.8) is 0 Å². The van der Waals surface area contributed by atoms with E-state index in [2.05, 4.69) is 30.8 Å². The number of nitrogens with one attached hydrogen (secondary N) is 1. The maximum atomic E-state index is 12.8. The zero-order chi connectivity index (χ0) is 22.8. The Hall–Kier alpha value is -2.68. The van der Waals surface area contributed by atoms with E-state index in [1.807, 2.05) is 12.1 Å². The second-order valence-electron chi connectivity index (χ2n) is 7.93. The maximum Gasteiger partial charge on any atom is 0.252 e. The highest BCUT2D eigenvalue weighted by Gasteiger charge is 2.29. The Morgan fingerprint density at radius 2 is 1.91 bits per heavy atom. The summed E-state index contributed by atoms with van der Waals surface area (Å²) < 4.78 is 33.9. The summed E-state index contributed by atoms with van der Waals surface area (Å²) >= 11 is 1.20. The van der Waals surface area contributed by atoms with Crippen LogP contribution in [-0.2, 0) is 26.1 Å². The molecule has 0 unspecified atom stereocenters. The van der Waals surface area contributed by atoms with Gasteiger partial charge in [-0.05, 0) is 47.5 Å². The van der Waals surface area contributed by atoms with Gasteiger partial charge in [-0.25, -0.2) is 8.42 Å². The number of anilines is 1. The minimum absolute atomic E-state index is 0.00970. The molecule has 3 aromatic rings. The summed E-state index contributed by atoms with van der Waals surface area (Å²) in [6.07, 6.45) is 1.42. The first kappa shape index (κ1) is 22.1. The molecule has 3 aromatic heterocycles. The van der Waals surface area contributed by atoms with Crippen molar-refractivity contribution >= 4 is 38.7 Å². The molecule has 0 aromatic carbocycles. The fourth-order valence-electron chi connectivity index (χ4n) is 4.00. The first-order chi connectivity index (χ1) is 16.0. The number of tetrazole rings is 1. The fraction of sp³-hybridized carbons (Fsp3) is 0.526. The van der Waals surface area contributed by atoms with Crippen LogP contribution in [0.2, 0.25) is 0 Å². The lowest BCUT2D eigenvalue weighted by Gasteiger charge is -2.31. The first-order valence-electron chi connectivity index (χ1n) is 10.8. The third-order valence-corrected chi connectivity index (χ3v) is 9.33. The van der Waals surface area contributed by atoms with Crippen LogP contribution in [0.3, 0.4) is 0 Å². The standard InChI is InChI=1S/C19H24N8O4S2/c28-19(14-5-7-25(8-6-14)17-3-2-16-21-23-24-27(16)22-17)20-13-15-1-4-18(32-15)33(29,30)26-9-11-31-12-10-26/h1-4,14H,5-13H2,(H,20,28). The van der Waals surface area contributed by atoms with E-state index in [4.69, 9.17) is 4.74 Å². The van der Waals surface area contributed by atoms with E-state index in [0.29, 0.717) is 68.6 Å². The number of nitrogens with zero attached hydrogens (tertiary/aromatic N) is 7. The van der Waals surface area contributed by atoms with Gasteiger partial charge in [0.15, 0.2) is 11.5 Å². The van der Waals surface area contributed by atoms with Crippen LogP contribution in [0.15, 0.2) is 28.5 Å². The predicted molar refractivity (Wildman–Crippen MR) is 119 cm³/mol. The molecule has 0 atom stereocenters. The van der Waals surface area contributed by atoms with E-state index in [9.17, 15) is 13.2 Å². The topological polar surface area (TPSA) is 135 Å². The Bertz CT molecular complexity index is 1230. The van der Waals surface area contributed by atoms with Gasteiger partial charge in [0.2, 0.25) is 5.91 Å². The van der Waals surface area contributed by atoms with E-state index in [0.717, 1.165) is 10.7 Å². The quantitative estimate of drug-likeness (QED) is 0.509. The van der Waals surface area contributed by atoms with Gasteiger partial charge in [0.1, 0.15) is 4.21 Å². The van der Waals surface area contributed by atoms with Crippen molar-refractivity contribution in [1.82, 2.24) is 34.9 Å². The number of ether oxygens (including phenoxy) is 1. The maximum absolute atomic E-state index is 12.8. The van der Waals surface area contributed by atoms with Gasteiger partial charge in [-0.2, -0.15) is 4.31 Å². The van der Waals surface area contributed by atoms with Crippen molar-refractivity contribution in [2.45, 2.75) is 23.6 Å². The van der Waals surface area contributed by atoms with Crippen molar-refractivity contribution in [1.29, 1.82) is 0 Å². The lowest BCUT2D eigenvalue weighted by atomic mass is 9.96. The first-order valence-corrected chi connectivity index (χ1v) is 13.0. The van der Waals surface area contributed by atoms with Gasteiger partial charge in [-0.15, -0.1) is 26.2 Å². The molecule has 2 fully saturated rings. The highest BCUT2D eigenvalue weighted by molar-refractivity contribution is 7.91. The van der Waals surface area contributed by atoms with Crippen LogP contribution in [-0.4, -0.2) is 83.3 Å². The number of amides is 1. The number of piperidine rings is 1. The Balaban J connectivity index is 1.13. The molecule has 0 aliphatic carbocycles. The highest BCUT2D eigenvalue weighted by atomic mass is 32.2. The largest absolute Gasteiger partial charge is 0.379 e. The number of sulfonamides is 1. The van der Waals surface area contributed by atoms with Crippen molar-refractivity contribution in [2.24, 2.45) is 5.92 Å². The summed E-state index contributed by atoms with van der Waals surface area (Å²) in [6, 6.07) is 7.08. The van der Waals surface area contributed by atoms with Crippen LogP contribution in [0, 0.1) is 5.92 Å². The normalized spacial score (nSPS) is 18.6. The Labute approximate surface area is 194 Å². The Morgan fingerprint density at radius 3 is 2.70 bits per heavy atom. The zero-order valence-corrected chi connectivity index (χ0v) is 19.5. The van der Waals surface area contributed by atoms with Crippen molar-refractivity contribution in [3.05, 3.63) is 29.1 Å². The Morgan fingerprint density at radius 1 is 1.12 bits per heavy atom. The number of rotatable bonds is 6. The summed E-state index contributed by atoms with van der Waals surface area (Å²) in [6.45, 7) is 3.29. The van der Waals surface area contributed by atoms with Gasteiger partial charge in [-0.1, -0.05) is 0 Å². The highest BCUT2D eigenvalue weighted by Crippen LogP contribution is 2.26. The number of hydrogen-bond donors (Lipinski definition) is 1. The number of aromatic nitrogens is 5. The van der Waals surface area contributed by atoms with Gasteiger partial charge >= 0.3 is 0 Å². The third-order valence-electron chi connectivity index (χ3n) is 5.88. The summed E-state index contributed by atoms with van der Waals surface area (Å²) in [7, 11) is -3.51. The van der Waals surface area contributed by atoms with Crippen LogP contribution in [0.5, 0.6) is 0 Å². The second-order valence-corrected chi connectivity index (χ2v) is 11.3. The number of fused-ring (bicyclic) bond motifs is 1. The molecule has 0 bridgehead atoms. The van der Waals surface area contributed by atoms with E-state index in [1.54, 1.807) is 12.1 Å². The lowest BCUT2D eigenvalue weighted by molar-refractivity contribution is -0.125. The number of thiophene rings is 1. The van der Waals surface area contributed by atoms with Crippen molar-refractivity contribution < 1.29 is 17.9 Å². The Kier molecular flexibility index (Phi) is 6.23. The number of carbonyl (C=O) groups is 1. The van der Waals surface area contributed by atoms with Gasteiger partial charge < -0.3 is 15.0 Å². The molecule has 2 aliphatic rings. The molecule has 2 aliphatic heterocycles. The van der Waals surface area contributed by atoms with Crippen LogP contribution in [0.25, 0.3) is 5.65 Å². The van der Waals surface area contributed by atoms with E-state index >= 15 is 0 Å². The minimum atomic E-state index is -3.51. The van der Waals surface area contributed by atoms with Gasteiger partial charge in [0, 0.05) is 37.0 Å². The second kappa shape index (κ2) is 9.29. The fourth-order valence-corrected chi connectivity index (χ4v) is 6.86. The SMILES string of the molecule is O=C(NCc1ccc(S(=O)(=O)N2CCOCC2)s1)C1CCN(c2ccc3nnnn3n2)CC1. The molecular formula is C19H24N8O4S2. The summed E-state index contributed by atoms with van der Waals surface area (Å²) in [5.74, 6) is 0.681. The van der Waals surface area contributed by atoms with Crippen molar-refractivity contribution in [3.8, 4) is 0 Å². The van der Waals surface area contributed by atoms with Gasteiger partial charge in [-0.3, -0.25) is 4.79 Å². The van der Waals surface area contributed by atoms with E-state index in [-0.39, 0.29) is 11.8 Å². The molecule has 0 spiro atoms. The average molecular weight is 493 g/mol. The molecule has 0 saturated carbocycles. The number of morpholine rings is 1. The predicted octanol–water partition coefficient (Wildman–Crippen LogP) is 0.135. The van der Waals surface area contributed by atoms with E-state index < -0.39 is 10.0 Å². The van der Waals surface area contributed by atoms with Crippen LogP contribution >= 0.6 is 11.3 Å². The van der Waals surface area contributed by atoms with Crippen LogP contribution in [0.1, 0.15) is 17.7 Å². The van der Waals surface area contributed by atoms with Gasteiger partial charge in [0.05, 0.1) is 19.8 Å². The van der Waals surface area contributed by atoms with E-state index in [1.165, 1.54) is 20.3 Å². The summed E-state index contributed by atoms with van der Waals surface area (Å²) in [4.78, 5) is 15.6. The molecule has 14 heteroatoms. The molecule has 1 amide bonds. The monoisotopic (exact) mass is 492 g/mol.